The molecule has 0 aromatic heterocycles. The molecule has 4 nitrogen and oxygen atoms in total. The molecule has 0 radical (unpaired) electrons. The summed E-state index contributed by atoms with van der Waals surface area (Å²) in [5.41, 5.74) is 8.65. The Morgan fingerprint density at radius 1 is 1.07 bits per heavy atom. The number of nitrogens with zero attached hydrogens (tertiary/aromatic N) is 1. The maximum absolute atomic E-state index is 13.1. The van der Waals surface area contributed by atoms with Crippen molar-refractivity contribution in [3.63, 3.8) is 0 Å². The molecule has 2 aromatic rings. The number of carbonyl (C=O) groups excluding carboxylic acids is 1. The average Bonchev–Trinajstić information content (AvgIpc) is 2.67. The van der Waals surface area contributed by atoms with Crippen LogP contribution in [0.1, 0.15) is 35.8 Å². The molecule has 4 rings (SSSR count). The normalized spacial score (nSPS) is 22.1. The number of nitrogens with two attached hydrogens (primary N) is 1. The summed E-state index contributed by atoms with van der Waals surface area (Å²) < 4.78 is 5.76. The lowest BCUT2D eigenvalue weighted by molar-refractivity contribution is -0.117. The van der Waals surface area contributed by atoms with Gasteiger partial charge in [0.25, 0.3) is 0 Å². The fraction of sp³-hybridized carbons (Fsp3) is 0.182. The molecule has 0 unspecified atom stereocenters. The Kier molecular flexibility index (Phi) is 4.47. The molecule has 1 aliphatic carbocycles. The van der Waals surface area contributed by atoms with Crippen LogP contribution in [0.5, 0.6) is 0 Å². The van der Waals surface area contributed by atoms with Crippen LogP contribution in [0.3, 0.4) is 0 Å². The van der Waals surface area contributed by atoms with Crippen LogP contribution >= 0.6 is 11.6 Å². The molecule has 1 heterocycles. The van der Waals surface area contributed by atoms with Crippen LogP contribution in [0.2, 0.25) is 5.02 Å². The van der Waals surface area contributed by atoms with Gasteiger partial charge in [0.15, 0.2) is 5.78 Å². The zero-order valence-electron chi connectivity index (χ0n) is 14.5. The van der Waals surface area contributed by atoms with Crippen LogP contribution in [-0.4, -0.2) is 5.78 Å². The smallest absolute Gasteiger partial charge is 0.205 e. The highest BCUT2D eigenvalue weighted by molar-refractivity contribution is 6.31. The topological polar surface area (TPSA) is 76.1 Å². The van der Waals surface area contributed by atoms with E-state index in [0.29, 0.717) is 29.2 Å². The van der Waals surface area contributed by atoms with Gasteiger partial charge in [-0.3, -0.25) is 4.79 Å². The van der Waals surface area contributed by atoms with Gasteiger partial charge in [-0.2, -0.15) is 5.26 Å². The molecule has 27 heavy (non-hydrogen) atoms. The second-order valence-electron chi connectivity index (χ2n) is 6.72. The first-order valence-electron chi connectivity index (χ1n) is 8.73. The second-order valence-corrected chi connectivity index (χ2v) is 7.13. The second kappa shape index (κ2) is 6.94. The minimum absolute atomic E-state index is 0.0322. The Labute approximate surface area is 162 Å². The van der Waals surface area contributed by atoms with Crippen LogP contribution in [-0.2, 0) is 9.53 Å². The highest BCUT2D eigenvalue weighted by atomic mass is 35.5. The Morgan fingerprint density at radius 3 is 2.48 bits per heavy atom. The minimum atomic E-state index is -0.486. The molecule has 2 aromatic carbocycles. The van der Waals surface area contributed by atoms with Crippen LogP contribution in [0.25, 0.3) is 0 Å². The molecule has 2 atom stereocenters. The lowest BCUT2D eigenvalue weighted by Crippen LogP contribution is -2.29. The van der Waals surface area contributed by atoms with Gasteiger partial charge in [0, 0.05) is 23.4 Å². The molecule has 0 saturated carbocycles. The van der Waals surface area contributed by atoms with Crippen LogP contribution < -0.4 is 5.73 Å². The SMILES string of the molecule is N#CC1=C(N)OC2=C(C(=O)C[C@@H](c3ccccc3Cl)C2)[C@H]1c1ccccc1. The van der Waals surface area contributed by atoms with Crippen LogP contribution in [0, 0.1) is 11.3 Å². The van der Waals surface area contributed by atoms with E-state index in [1.54, 1.807) is 0 Å². The molecular weight excluding hydrogens is 360 g/mol. The van der Waals surface area contributed by atoms with Crippen molar-refractivity contribution >= 4 is 17.4 Å². The molecule has 1 aliphatic heterocycles. The van der Waals surface area contributed by atoms with Crippen molar-refractivity contribution in [2.45, 2.75) is 24.7 Å². The standard InChI is InChI=1S/C22H17ClN2O2/c23-17-9-5-4-8-15(17)14-10-18(26)21-19(11-14)27-22(25)16(12-24)20(21)13-6-2-1-3-7-13/h1-9,14,20H,10-11,25H2/t14-,20+/m1/s1. The van der Waals surface area contributed by atoms with E-state index in [-0.39, 0.29) is 23.2 Å². The van der Waals surface area contributed by atoms with E-state index in [0.717, 1.165) is 11.1 Å². The molecule has 0 saturated heterocycles. The fourth-order valence-electron chi connectivity index (χ4n) is 3.91. The summed E-state index contributed by atoms with van der Waals surface area (Å²) in [5.74, 6) is 0.0203. The first kappa shape index (κ1) is 17.4. The maximum Gasteiger partial charge on any atom is 0.205 e. The van der Waals surface area contributed by atoms with Gasteiger partial charge in [-0.15, -0.1) is 0 Å². The minimum Gasteiger partial charge on any atom is -0.444 e. The molecular formula is C22H17ClN2O2. The van der Waals surface area contributed by atoms with Gasteiger partial charge in [-0.05, 0) is 23.1 Å². The number of ether oxygens (including phenoxy) is 1. The Bertz CT molecular complexity index is 1020. The third-order valence-corrected chi connectivity index (χ3v) is 5.48. The molecule has 5 heteroatoms. The third kappa shape index (κ3) is 3.01. The van der Waals surface area contributed by atoms with Gasteiger partial charge in [-0.1, -0.05) is 60.1 Å². The number of rotatable bonds is 2. The lowest BCUT2D eigenvalue weighted by Gasteiger charge is -2.34. The summed E-state index contributed by atoms with van der Waals surface area (Å²) in [6, 6.07) is 19.1. The zero-order valence-corrected chi connectivity index (χ0v) is 15.2. The summed E-state index contributed by atoms with van der Waals surface area (Å²) in [5, 5.41) is 10.3. The van der Waals surface area contributed by atoms with E-state index in [1.165, 1.54) is 0 Å². The Hall–Kier alpha value is -3.03. The van der Waals surface area contributed by atoms with E-state index in [9.17, 15) is 10.1 Å². The summed E-state index contributed by atoms with van der Waals surface area (Å²) in [4.78, 5) is 13.1. The lowest BCUT2D eigenvalue weighted by atomic mass is 9.73. The number of hydrogen-bond acceptors (Lipinski definition) is 4. The van der Waals surface area contributed by atoms with Crippen molar-refractivity contribution < 1.29 is 9.53 Å². The molecule has 2 N–H and O–H groups in total. The predicted molar refractivity (Wildman–Crippen MR) is 103 cm³/mol. The Morgan fingerprint density at radius 2 is 1.78 bits per heavy atom. The molecule has 134 valence electrons. The maximum atomic E-state index is 13.1. The number of carbonyl (C=O) groups is 1. The average molecular weight is 377 g/mol. The van der Waals surface area contributed by atoms with Gasteiger partial charge in [-0.25, -0.2) is 0 Å². The first-order valence-corrected chi connectivity index (χ1v) is 9.11. The quantitative estimate of drug-likeness (QED) is 0.834. The van der Waals surface area contributed by atoms with Crippen molar-refractivity contribution in [3.05, 3.63) is 93.5 Å². The molecule has 0 amide bonds. The molecule has 2 aliphatic rings. The summed E-state index contributed by atoms with van der Waals surface area (Å²) in [6.45, 7) is 0. The fourth-order valence-corrected chi connectivity index (χ4v) is 4.20. The van der Waals surface area contributed by atoms with Crippen LogP contribution in [0.4, 0.5) is 0 Å². The monoisotopic (exact) mass is 376 g/mol. The number of benzene rings is 2. The number of ketones is 1. The summed E-state index contributed by atoms with van der Waals surface area (Å²) in [7, 11) is 0. The van der Waals surface area contributed by atoms with Gasteiger partial charge in [0.2, 0.25) is 5.88 Å². The highest BCUT2D eigenvalue weighted by Crippen LogP contribution is 2.47. The van der Waals surface area contributed by atoms with Crippen molar-refractivity contribution in [1.29, 1.82) is 5.26 Å². The van der Waals surface area contributed by atoms with E-state index < -0.39 is 5.92 Å². The van der Waals surface area contributed by atoms with Crippen molar-refractivity contribution in [2.75, 3.05) is 0 Å². The number of allylic oxidation sites excluding steroid dienone is 3. The van der Waals surface area contributed by atoms with E-state index in [1.807, 2.05) is 54.6 Å². The van der Waals surface area contributed by atoms with Gasteiger partial charge < -0.3 is 10.5 Å². The van der Waals surface area contributed by atoms with Crippen molar-refractivity contribution in [2.24, 2.45) is 5.73 Å². The largest absolute Gasteiger partial charge is 0.444 e. The number of nitriles is 1. The van der Waals surface area contributed by atoms with Gasteiger partial charge >= 0.3 is 0 Å². The molecule has 0 spiro atoms. The highest BCUT2D eigenvalue weighted by Gasteiger charge is 2.41. The summed E-state index contributed by atoms with van der Waals surface area (Å²) in [6.07, 6.45) is 0.849. The number of Topliss-reactive ketones (excluding diaryl/α,β-unsaturated/α-hetero) is 1. The van der Waals surface area contributed by atoms with Crippen molar-refractivity contribution in [1.82, 2.24) is 0 Å². The third-order valence-electron chi connectivity index (χ3n) is 5.14. The predicted octanol–water partition coefficient (Wildman–Crippen LogP) is 4.55. The van der Waals surface area contributed by atoms with Crippen molar-refractivity contribution in [3.8, 4) is 6.07 Å². The molecule has 0 fully saturated rings. The first-order chi connectivity index (χ1) is 13.1. The van der Waals surface area contributed by atoms with E-state index in [2.05, 4.69) is 6.07 Å². The Balaban J connectivity index is 1.80. The molecule has 0 bridgehead atoms. The zero-order chi connectivity index (χ0) is 19.0. The van der Waals surface area contributed by atoms with Crippen LogP contribution in [0.15, 0.2) is 77.4 Å². The van der Waals surface area contributed by atoms with Gasteiger partial charge in [0.1, 0.15) is 17.4 Å². The number of hydrogen-bond donors (Lipinski definition) is 1. The van der Waals surface area contributed by atoms with E-state index in [4.69, 9.17) is 22.1 Å². The number of halogens is 1. The summed E-state index contributed by atoms with van der Waals surface area (Å²) >= 11 is 6.33. The van der Waals surface area contributed by atoms with Gasteiger partial charge in [0.05, 0.1) is 5.92 Å². The van der Waals surface area contributed by atoms with E-state index >= 15 is 0 Å².